The molecule has 1 aromatic heterocycles. The van der Waals surface area contributed by atoms with Crippen LogP contribution in [0.3, 0.4) is 0 Å². The predicted octanol–water partition coefficient (Wildman–Crippen LogP) is 5.44. The maximum absolute atomic E-state index is 5.39. The van der Waals surface area contributed by atoms with Gasteiger partial charge in [0.2, 0.25) is 0 Å². The van der Waals surface area contributed by atoms with Gasteiger partial charge in [-0.25, -0.2) is 0 Å². The van der Waals surface area contributed by atoms with Crippen LogP contribution in [0.4, 0.5) is 0 Å². The Kier molecular flexibility index (Phi) is 4.02. The van der Waals surface area contributed by atoms with E-state index in [4.69, 9.17) is 4.74 Å². The lowest BCUT2D eigenvalue weighted by molar-refractivity contribution is 0.414. The molecular formula is C23H21NO. The first kappa shape index (κ1) is 15.5. The highest BCUT2D eigenvalue weighted by molar-refractivity contribution is 5.92. The van der Waals surface area contributed by atoms with Gasteiger partial charge in [0.05, 0.1) is 12.8 Å². The number of aromatic nitrogens is 1. The third-order valence-corrected chi connectivity index (χ3v) is 4.77. The van der Waals surface area contributed by atoms with Crippen molar-refractivity contribution in [2.45, 2.75) is 6.42 Å². The van der Waals surface area contributed by atoms with Crippen molar-refractivity contribution >= 4 is 10.9 Å². The zero-order chi connectivity index (χ0) is 17.2. The quantitative estimate of drug-likeness (QED) is 0.486. The molecule has 0 aliphatic heterocycles. The van der Waals surface area contributed by atoms with Crippen molar-refractivity contribution < 1.29 is 4.74 Å². The van der Waals surface area contributed by atoms with Gasteiger partial charge in [-0.15, -0.1) is 0 Å². The van der Waals surface area contributed by atoms with E-state index in [-0.39, 0.29) is 0 Å². The van der Waals surface area contributed by atoms with Gasteiger partial charge in [-0.1, -0.05) is 60.7 Å². The maximum Gasteiger partial charge on any atom is 0.119 e. The summed E-state index contributed by atoms with van der Waals surface area (Å²) >= 11 is 0. The highest BCUT2D eigenvalue weighted by Crippen LogP contribution is 2.34. The van der Waals surface area contributed by atoms with Crippen LogP contribution in [0, 0.1) is 0 Å². The van der Waals surface area contributed by atoms with E-state index in [1.807, 2.05) is 6.07 Å². The minimum Gasteiger partial charge on any atom is -0.497 e. The molecule has 0 unspecified atom stereocenters. The number of ether oxygens (including phenoxy) is 1. The van der Waals surface area contributed by atoms with E-state index >= 15 is 0 Å². The molecule has 0 atom stereocenters. The molecule has 0 bridgehead atoms. The summed E-state index contributed by atoms with van der Waals surface area (Å²) in [5, 5.41) is 1.31. The van der Waals surface area contributed by atoms with Gasteiger partial charge in [0.1, 0.15) is 5.75 Å². The second-order valence-corrected chi connectivity index (χ2v) is 6.30. The predicted molar refractivity (Wildman–Crippen MR) is 104 cm³/mol. The van der Waals surface area contributed by atoms with E-state index in [0.29, 0.717) is 0 Å². The average molecular weight is 327 g/mol. The number of aryl methyl sites for hydroxylation is 1. The van der Waals surface area contributed by atoms with Crippen molar-refractivity contribution in [3.8, 4) is 17.0 Å². The molecule has 3 aromatic carbocycles. The van der Waals surface area contributed by atoms with Gasteiger partial charge in [-0.05, 0) is 34.9 Å². The van der Waals surface area contributed by atoms with Gasteiger partial charge >= 0.3 is 0 Å². The zero-order valence-corrected chi connectivity index (χ0v) is 14.6. The molecule has 2 heteroatoms. The van der Waals surface area contributed by atoms with E-state index in [1.165, 1.54) is 33.3 Å². The standard InChI is InChI=1S/C23H21NO/c1-24-22-14-7-6-13-20(22)21(23(24)18-10-4-3-5-11-18)16-17-9-8-12-19(15-17)25-2/h3-15H,16H2,1-2H3. The number of hydrogen-bond donors (Lipinski definition) is 0. The monoisotopic (exact) mass is 327 g/mol. The fourth-order valence-electron chi connectivity index (χ4n) is 3.60. The van der Waals surface area contributed by atoms with E-state index < -0.39 is 0 Å². The van der Waals surface area contributed by atoms with E-state index in [1.54, 1.807) is 7.11 Å². The Morgan fingerprint density at radius 1 is 0.840 bits per heavy atom. The Morgan fingerprint density at radius 2 is 1.60 bits per heavy atom. The number of methoxy groups -OCH3 is 1. The second-order valence-electron chi connectivity index (χ2n) is 6.30. The Morgan fingerprint density at radius 3 is 2.40 bits per heavy atom. The fraction of sp³-hybridized carbons (Fsp3) is 0.130. The van der Waals surface area contributed by atoms with Crippen molar-refractivity contribution in [3.63, 3.8) is 0 Å². The highest BCUT2D eigenvalue weighted by Gasteiger charge is 2.16. The smallest absolute Gasteiger partial charge is 0.119 e. The summed E-state index contributed by atoms with van der Waals surface area (Å²) in [6.07, 6.45) is 0.878. The van der Waals surface area contributed by atoms with Crippen molar-refractivity contribution in [2.24, 2.45) is 7.05 Å². The van der Waals surface area contributed by atoms with Crippen molar-refractivity contribution in [1.29, 1.82) is 0 Å². The number of fused-ring (bicyclic) bond motifs is 1. The average Bonchev–Trinajstić information content (AvgIpc) is 2.95. The molecule has 0 saturated carbocycles. The molecule has 0 spiro atoms. The molecule has 0 aliphatic rings. The third-order valence-electron chi connectivity index (χ3n) is 4.77. The van der Waals surface area contributed by atoms with E-state index in [0.717, 1.165) is 12.2 Å². The van der Waals surface area contributed by atoms with Gasteiger partial charge in [0.15, 0.2) is 0 Å². The van der Waals surface area contributed by atoms with Gasteiger partial charge < -0.3 is 9.30 Å². The molecule has 4 aromatic rings. The Bertz CT molecular complexity index is 1010. The minimum absolute atomic E-state index is 0.878. The van der Waals surface area contributed by atoms with Crippen LogP contribution in [0.2, 0.25) is 0 Å². The highest BCUT2D eigenvalue weighted by atomic mass is 16.5. The molecule has 2 nitrogen and oxygen atoms in total. The molecule has 0 aliphatic carbocycles. The van der Waals surface area contributed by atoms with Crippen LogP contribution in [-0.2, 0) is 13.5 Å². The summed E-state index contributed by atoms with van der Waals surface area (Å²) in [6.45, 7) is 0. The number of hydrogen-bond acceptors (Lipinski definition) is 1. The SMILES string of the molecule is COc1cccc(Cc2c(-c3ccccc3)n(C)c3ccccc23)c1. The minimum atomic E-state index is 0.878. The molecule has 0 radical (unpaired) electrons. The van der Waals surface area contributed by atoms with E-state index in [9.17, 15) is 0 Å². The van der Waals surface area contributed by atoms with Crippen molar-refractivity contribution in [3.05, 3.63) is 90.0 Å². The van der Waals surface area contributed by atoms with Crippen LogP contribution in [0.1, 0.15) is 11.1 Å². The summed E-state index contributed by atoms with van der Waals surface area (Å²) in [4.78, 5) is 0. The lowest BCUT2D eigenvalue weighted by atomic mass is 9.98. The van der Waals surface area contributed by atoms with Crippen LogP contribution >= 0.6 is 0 Å². The first-order chi connectivity index (χ1) is 12.3. The molecule has 25 heavy (non-hydrogen) atoms. The molecule has 1 heterocycles. The number of nitrogens with zero attached hydrogens (tertiary/aromatic N) is 1. The summed E-state index contributed by atoms with van der Waals surface area (Å²) in [7, 11) is 3.87. The topological polar surface area (TPSA) is 14.2 Å². The number of rotatable bonds is 4. The van der Waals surface area contributed by atoms with Gasteiger partial charge in [0, 0.05) is 24.4 Å². The maximum atomic E-state index is 5.39. The molecule has 0 fully saturated rings. The van der Waals surface area contributed by atoms with Crippen LogP contribution < -0.4 is 4.74 Å². The Hall–Kier alpha value is -3.00. The lowest BCUT2D eigenvalue weighted by Crippen LogP contribution is -1.96. The molecular weight excluding hydrogens is 306 g/mol. The Balaban J connectivity index is 1.92. The third kappa shape index (κ3) is 2.80. The van der Waals surface area contributed by atoms with Crippen molar-refractivity contribution in [1.82, 2.24) is 4.57 Å². The fourth-order valence-corrected chi connectivity index (χ4v) is 3.60. The van der Waals surface area contributed by atoms with Crippen LogP contribution in [0.15, 0.2) is 78.9 Å². The number of para-hydroxylation sites is 1. The summed E-state index contributed by atoms with van der Waals surface area (Å²) in [6, 6.07) is 27.6. The molecule has 0 N–H and O–H groups in total. The van der Waals surface area contributed by atoms with Crippen LogP contribution in [0.5, 0.6) is 5.75 Å². The van der Waals surface area contributed by atoms with Gasteiger partial charge in [-0.2, -0.15) is 0 Å². The first-order valence-corrected chi connectivity index (χ1v) is 8.52. The van der Waals surface area contributed by atoms with E-state index in [2.05, 4.69) is 84.4 Å². The largest absolute Gasteiger partial charge is 0.497 e. The van der Waals surface area contributed by atoms with Crippen molar-refractivity contribution in [2.75, 3.05) is 7.11 Å². The number of benzene rings is 3. The lowest BCUT2D eigenvalue weighted by Gasteiger charge is -2.09. The van der Waals surface area contributed by atoms with Gasteiger partial charge in [-0.3, -0.25) is 0 Å². The zero-order valence-electron chi connectivity index (χ0n) is 14.6. The summed E-state index contributed by atoms with van der Waals surface area (Å²) in [5.74, 6) is 0.902. The summed E-state index contributed by atoms with van der Waals surface area (Å²) in [5.41, 5.74) is 6.41. The van der Waals surface area contributed by atoms with Gasteiger partial charge in [0.25, 0.3) is 0 Å². The van der Waals surface area contributed by atoms with Crippen LogP contribution in [-0.4, -0.2) is 11.7 Å². The normalized spacial score (nSPS) is 11.0. The molecule has 4 rings (SSSR count). The molecule has 0 saturated heterocycles. The summed E-state index contributed by atoms with van der Waals surface area (Å²) < 4.78 is 7.70. The van der Waals surface area contributed by atoms with Crippen LogP contribution in [0.25, 0.3) is 22.2 Å². The molecule has 0 amide bonds. The Labute approximate surface area is 148 Å². The second kappa shape index (κ2) is 6.48. The molecule has 124 valence electrons. The first-order valence-electron chi connectivity index (χ1n) is 8.52.